The Kier molecular flexibility index (Phi) is 6.34. The zero-order chi connectivity index (χ0) is 18.5. The molecule has 2 aliphatic rings. The van der Waals surface area contributed by atoms with Crippen LogP contribution in [0.5, 0.6) is 0 Å². The van der Waals surface area contributed by atoms with Crippen LogP contribution in [0.25, 0.3) is 0 Å². The van der Waals surface area contributed by atoms with Crippen LogP contribution in [-0.2, 0) is 9.59 Å². The molecule has 2 heterocycles. The lowest BCUT2D eigenvalue weighted by Crippen LogP contribution is -2.58. The standard InChI is InChI=1S/C18H21ClN4O2S/c19-14-6-2-3-7-15(14)23-17(25)13(16(24)21-18(23)26)12-20-8-11-22-9-4-1-5-10-22/h2-3,6-7,12-13H,1,4-5,8-11H2,(H,21,24,26)/t13-/m0/s1. The summed E-state index contributed by atoms with van der Waals surface area (Å²) in [6.45, 7) is 3.58. The number of rotatable bonds is 5. The normalized spacial score (nSPS) is 22.1. The summed E-state index contributed by atoms with van der Waals surface area (Å²) in [7, 11) is 0. The smallest absolute Gasteiger partial charge is 0.251 e. The van der Waals surface area contributed by atoms with Crippen LogP contribution in [0.3, 0.4) is 0 Å². The molecule has 26 heavy (non-hydrogen) atoms. The van der Waals surface area contributed by atoms with Gasteiger partial charge in [0, 0.05) is 12.8 Å². The number of thiocarbonyl (C=S) groups is 1. The van der Waals surface area contributed by atoms with Crippen molar-refractivity contribution in [1.29, 1.82) is 0 Å². The summed E-state index contributed by atoms with van der Waals surface area (Å²) in [5, 5.41) is 2.99. The number of likely N-dealkylation sites (tertiary alicyclic amines) is 1. The van der Waals surface area contributed by atoms with Gasteiger partial charge in [-0.2, -0.15) is 0 Å². The topological polar surface area (TPSA) is 65.0 Å². The van der Waals surface area contributed by atoms with Crippen molar-refractivity contribution in [3.05, 3.63) is 29.3 Å². The second-order valence-electron chi connectivity index (χ2n) is 6.35. The van der Waals surface area contributed by atoms with E-state index >= 15 is 0 Å². The fourth-order valence-corrected chi connectivity index (χ4v) is 3.65. The zero-order valence-electron chi connectivity index (χ0n) is 14.4. The van der Waals surface area contributed by atoms with Crippen molar-refractivity contribution in [2.75, 3.05) is 31.1 Å². The Morgan fingerprint density at radius 2 is 1.96 bits per heavy atom. The van der Waals surface area contributed by atoms with E-state index in [-0.39, 0.29) is 5.11 Å². The average molecular weight is 393 g/mol. The Morgan fingerprint density at radius 3 is 2.69 bits per heavy atom. The lowest BCUT2D eigenvalue weighted by molar-refractivity contribution is -0.130. The van der Waals surface area contributed by atoms with Crippen LogP contribution in [0.15, 0.2) is 29.3 Å². The van der Waals surface area contributed by atoms with Crippen LogP contribution in [0.1, 0.15) is 19.3 Å². The highest BCUT2D eigenvalue weighted by Crippen LogP contribution is 2.28. The lowest BCUT2D eigenvalue weighted by Gasteiger charge is -2.31. The average Bonchev–Trinajstić information content (AvgIpc) is 2.63. The minimum atomic E-state index is -1.00. The number of carbonyl (C=O) groups excluding carboxylic acids is 2. The van der Waals surface area contributed by atoms with Crippen LogP contribution < -0.4 is 10.2 Å². The molecule has 3 rings (SSSR count). The molecule has 2 saturated heterocycles. The van der Waals surface area contributed by atoms with Gasteiger partial charge in [0.1, 0.15) is 0 Å². The Bertz CT molecular complexity index is 734. The van der Waals surface area contributed by atoms with Crippen molar-refractivity contribution in [3.63, 3.8) is 0 Å². The molecule has 8 heteroatoms. The Labute approximate surface area is 163 Å². The summed E-state index contributed by atoms with van der Waals surface area (Å²) in [6, 6.07) is 6.89. The number of nitrogens with zero attached hydrogens (tertiary/aromatic N) is 3. The molecule has 6 nitrogen and oxygen atoms in total. The molecule has 2 aliphatic heterocycles. The Morgan fingerprint density at radius 1 is 1.23 bits per heavy atom. The summed E-state index contributed by atoms with van der Waals surface area (Å²) in [5.41, 5.74) is 0.455. The highest BCUT2D eigenvalue weighted by atomic mass is 35.5. The van der Waals surface area contributed by atoms with Gasteiger partial charge >= 0.3 is 0 Å². The maximum atomic E-state index is 12.8. The van der Waals surface area contributed by atoms with Crippen molar-refractivity contribution in [2.24, 2.45) is 10.9 Å². The number of anilines is 1. The van der Waals surface area contributed by atoms with Gasteiger partial charge in [-0.1, -0.05) is 30.2 Å². The SMILES string of the molecule is O=C1NC(=S)N(c2ccccc2Cl)C(=O)[C@H]1C=NCCN1CCCCC1. The number of halogens is 1. The van der Waals surface area contributed by atoms with Crippen LogP contribution in [0, 0.1) is 5.92 Å². The highest BCUT2D eigenvalue weighted by Gasteiger charge is 2.38. The Balaban J connectivity index is 1.67. The monoisotopic (exact) mass is 392 g/mol. The van der Waals surface area contributed by atoms with Crippen molar-refractivity contribution < 1.29 is 9.59 Å². The van der Waals surface area contributed by atoms with Gasteiger partial charge in [-0.25, -0.2) is 0 Å². The van der Waals surface area contributed by atoms with E-state index in [0.717, 1.165) is 19.6 Å². The molecule has 2 fully saturated rings. The predicted molar refractivity (Wildman–Crippen MR) is 107 cm³/mol. The quantitative estimate of drug-likeness (QED) is 0.474. The van der Waals surface area contributed by atoms with Gasteiger partial charge in [0.05, 0.1) is 17.3 Å². The van der Waals surface area contributed by atoms with Gasteiger partial charge in [-0.15, -0.1) is 0 Å². The summed E-state index contributed by atoms with van der Waals surface area (Å²) in [4.78, 5) is 32.9. The molecule has 1 N–H and O–H groups in total. The largest absolute Gasteiger partial charge is 0.302 e. The van der Waals surface area contributed by atoms with Crippen molar-refractivity contribution in [2.45, 2.75) is 19.3 Å². The molecular weight excluding hydrogens is 372 g/mol. The van der Waals surface area contributed by atoms with E-state index in [1.165, 1.54) is 30.4 Å². The number of hydrogen-bond donors (Lipinski definition) is 1. The fourth-order valence-electron chi connectivity index (χ4n) is 3.15. The number of carbonyl (C=O) groups is 2. The van der Waals surface area contributed by atoms with Gasteiger partial charge in [0.25, 0.3) is 5.91 Å². The number of para-hydroxylation sites is 1. The Hall–Kier alpha value is -1.83. The number of amides is 2. The van der Waals surface area contributed by atoms with E-state index in [0.29, 0.717) is 17.3 Å². The number of aliphatic imine (C=N–C) groups is 1. The van der Waals surface area contributed by atoms with Crippen molar-refractivity contribution in [3.8, 4) is 0 Å². The summed E-state index contributed by atoms with van der Waals surface area (Å²) >= 11 is 11.3. The zero-order valence-corrected chi connectivity index (χ0v) is 15.9. The summed E-state index contributed by atoms with van der Waals surface area (Å²) in [6.07, 6.45) is 5.15. The molecular formula is C18H21ClN4O2S. The van der Waals surface area contributed by atoms with Gasteiger partial charge in [0.2, 0.25) is 5.91 Å². The van der Waals surface area contributed by atoms with Crippen LogP contribution in [-0.4, -0.2) is 54.2 Å². The van der Waals surface area contributed by atoms with E-state index in [1.54, 1.807) is 24.3 Å². The third-order valence-corrected chi connectivity index (χ3v) is 5.15. The van der Waals surface area contributed by atoms with Crippen molar-refractivity contribution in [1.82, 2.24) is 10.2 Å². The summed E-state index contributed by atoms with van der Waals surface area (Å²) in [5.74, 6) is -1.89. The third-order valence-electron chi connectivity index (χ3n) is 4.54. The number of piperidine rings is 1. The first-order chi connectivity index (χ1) is 12.6. The molecule has 0 bridgehead atoms. The van der Waals surface area contributed by atoms with Crippen LogP contribution in [0.2, 0.25) is 5.02 Å². The first kappa shape index (κ1) is 18.9. The lowest BCUT2D eigenvalue weighted by atomic mass is 10.1. The molecule has 2 amide bonds. The molecule has 0 spiro atoms. The molecule has 0 aromatic heterocycles. The second-order valence-corrected chi connectivity index (χ2v) is 7.15. The molecule has 0 saturated carbocycles. The predicted octanol–water partition coefficient (Wildman–Crippen LogP) is 2.26. The van der Waals surface area contributed by atoms with E-state index in [2.05, 4.69) is 15.2 Å². The molecule has 1 aromatic rings. The molecule has 138 valence electrons. The number of nitrogens with one attached hydrogen (secondary N) is 1. The second kappa shape index (κ2) is 8.70. The molecule has 1 aromatic carbocycles. The molecule has 1 atom stereocenters. The first-order valence-corrected chi connectivity index (χ1v) is 9.52. The van der Waals surface area contributed by atoms with Crippen molar-refractivity contribution >= 4 is 52.6 Å². The van der Waals surface area contributed by atoms with E-state index < -0.39 is 17.7 Å². The van der Waals surface area contributed by atoms with E-state index in [1.807, 2.05) is 0 Å². The third kappa shape index (κ3) is 4.28. The van der Waals surface area contributed by atoms with Gasteiger partial charge < -0.3 is 10.2 Å². The minimum Gasteiger partial charge on any atom is -0.302 e. The van der Waals surface area contributed by atoms with Gasteiger partial charge in [-0.05, 0) is 50.3 Å². The fraction of sp³-hybridized carbons (Fsp3) is 0.444. The number of benzene rings is 1. The molecule has 0 radical (unpaired) electrons. The maximum Gasteiger partial charge on any atom is 0.251 e. The van der Waals surface area contributed by atoms with Gasteiger partial charge in [0.15, 0.2) is 11.0 Å². The van der Waals surface area contributed by atoms with Crippen LogP contribution >= 0.6 is 23.8 Å². The van der Waals surface area contributed by atoms with Crippen LogP contribution in [0.4, 0.5) is 5.69 Å². The first-order valence-electron chi connectivity index (χ1n) is 8.73. The van der Waals surface area contributed by atoms with E-state index in [9.17, 15) is 9.59 Å². The minimum absolute atomic E-state index is 0.0334. The van der Waals surface area contributed by atoms with Gasteiger partial charge in [-0.3, -0.25) is 19.5 Å². The molecule has 0 aliphatic carbocycles. The summed E-state index contributed by atoms with van der Waals surface area (Å²) < 4.78 is 0. The number of hydrogen-bond acceptors (Lipinski definition) is 5. The highest BCUT2D eigenvalue weighted by molar-refractivity contribution is 7.80. The molecule has 0 unspecified atom stereocenters. The van der Waals surface area contributed by atoms with E-state index in [4.69, 9.17) is 23.8 Å². The maximum absolute atomic E-state index is 12.8.